The van der Waals surface area contributed by atoms with Crippen molar-refractivity contribution in [1.82, 2.24) is 5.32 Å². The Hall–Kier alpha value is -0.340. The lowest BCUT2D eigenvalue weighted by Gasteiger charge is -2.45. The molecule has 17 heavy (non-hydrogen) atoms. The number of rotatable bonds is 4. The monoisotopic (exact) mass is 237 g/mol. The van der Waals surface area contributed by atoms with Gasteiger partial charge < -0.3 is 10.1 Å². The molecule has 2 rings (SSSR count). The maximum absolute atomic E-state index is 6.16. The minimum atomic E-state index is 0.234. The van der Waals surface area contributed by atoms with Crippen LogP contribution in [0.2, 0.25) is 0 Å². The molecule has 2 aliphatic rings. The highest BCUT2D eigenvalue weighted by molar-refractivity contribution is 4.94. The predicted octanol–water partition coefficient (Wildman–Crippen LogP) is 3.28. The van der Waals surface area contributed by atoms with Gasteiger partial charge in [-0.1, -0.05) is 25.3 Å². The number of hydrogen-bond acceptors (Lipinski definition) is 2. The summed E-state index contributed by atoms with van der Waals surface area (Å²) >= 11 is 0. The second-order valence-electron chi connectivity index (χ2n) is 5.76. The van der Waals surface area contributed by atoms with Crippen molar-refractivity contribution in [1.29, 1.82) is 0 Å². The van der Waals surface area contributed by atoms with E-state index in [1.165, 1.54) is 44.9 Å². The summed E-state index contributed by atoms with van der Waals surface area (Å²) < 4.78 is 6.16. The molecular formula is C15H27NO. The van der Waals surface area contributed by atoms with Crippen molar-refractivity contribution in [3.8, 4) is 0 Å². The predicted molar refractivity (Wildman–Crippen MR) is 72.2 cm³/mol. The molecular weight excluding hydrogens is 210 g/mol. The first-order valence-electron chi connectivity index (χ1n) is 7.22. The largest absolute Gasteiger partial charge is 0.375 e. The molecule has 1 aliphatic carbocycles. The van der Waals surface area contributed by atoms with Crippen molar-refractivity contribution < 1.29 is 4.74 Å². The lowest BCUT2D eigenvalue weighted by molar-refractivity contribution is -0.121. The lowest BCUT2D eigenvalue weighted by Crippen LogP contribution is -2.47. The molecule has 0 aromatic rings. The summed E-state index contributed by atoms with van der Waals surface area (Å²) in [6, 6.07) is 0.593. The SMILES string of the molecule is C=CCC(NC)C1CCOC2(CCCCC2)C1. The molecule has 1 heterocycles. The molecule has 0 radical (unpaired) electrons. The highest BCUT2D eigenvalue weighted by Crippen LogP contribution is 2.41. The molecule has 0 bridgehead atoms. The Labute approximate surface area is 106 Å². The van der Waals surface area contributed by atoms with E-state index < -0.39 is 0 Å². The van der Waals surface area contributed by atoms with Gasteiger partial charge in [0.25, 0.3) is 0 Å². The fourth-order valence-corrected chi connectivity index (χ4v) is 3.68. The zero-order valence-corrected chi connectivity index (χ0v) is 11.2. The second kappa shape index (κ2) is 6.01. The van der Waals surface area contributed by atoms with Gasteiger partial charge in [-0.2, -0.15) is 0 Å². The van der Waals surface area contributed by atoms with Crippen LogP contribution >= 0.6 is 0 Å². The fourth-order valence-electron chi connectivity index (χ4n) is 3.68. The van der Waals surface area contributed by atoms with Crippen LogP contribution in [0.4, 0.5) is 0 Å². The van der Waals surface area contributed by atoms with Crippen molar-refractivity contribution in [2.75, 3.05) is 13.7 Å². The number of nitrogens with one attached hydrogen (secondary N) is 1. The molecule has 1 N–H and O–H groups in total. The zero-order chi connectivity index (χ0) is 12.1. The van der Waals surface area contributed by atoms with Crippen LogP contribution in [-0.4, -0.2) is 25.3 Å². The Balaban J connectivity index is 1.97. The molecule has 0 aromatic carbocycles. The molecule has 0 amide bonds. The molecule has 1 saturated heterocycles. The molecule has 1 saturated carbocycles. The summed E-state index contributed by atoms with van der Waals surface area (Å²) in [5, 5.41) is 3.47. The van der Waals surface area contributed by atoms with Crippen LogP contribution in [-0.2, 0) is 4.74 Å². The van der Waals surface area contributed by atoms with E-state index in [9.17, 15) is 0 Å². The van der Waals surface area contributed by atoms with E-state index in [-0.39, 0.29) is 5.60 Å². The summed E-state index contributed by atoms with van der Waals surface area (Å²) in [4.78, 5) is 0. The topological polar surface area (TPSA) is 21.3 Å². The Bertz CT molecular complexity index is 240. The van der Waals surface area contributed by atoms with Crippen molar-refractivity contribution in [2.24, 2.45) is 5.92 Å². The van der Waals surface area contributed by atoms with Crippen molar-refractivity contribution in [2.45, 2.75) is 63.0 Å². The maximum Gasteiger partial charge on any atom is 0.0685 e. The first kappa shape index (κ1) is 13.1. The van der Waals surface area contributed by atoms with Gasteiger partial charge in [-0.25, -0.2) is 0 Å². The van der Waals surface area contributed by atoms with Crippen LogP contribution < -0.4 is 5.32 Å². The van der Waals surface area contributed by atoms with Gasteiger partial charge in [-0.15, -0.1) is 6.58 Å². The van der Waals surface area contributed by atoms with Crippen LogP contribution in [0.15, 0.2) is 12.7 Å². The van der Waals surface area contributed by atoms with Crippen molar-refractivity contribution in [3.05, 3.63) is 12.7 Å². The fraction of sp³-hybridized carbons (Fsp3) is 0.867. The lowest BCUT2D eigenvalue weighted by atomic mass is 9.73. The third-order valence-corrected chi connectivity index (χ3v) is 4.66. The maximum atomic E-state index is 6.16. The minimum Gasteiger partial charge on any atom is -0.375 e. The summed E-state index contributed by atoms with van der Waals surface area (Å²) in [7, 11) is 2.08. The number of ether oxygens (including phenoxy) is 1. The Morgan fingerprint density at radius 3 is 2.82 bits per heavy atom. The quantitative estimate of drug-likeness (QED) is 0.758. The van der Waals surface area contributed by atoms with Crippen LogP contribution in [0.25, 0.3) is 0 Å². The van der Waals surface area contributed by atoms with E-state index >= 15 is 0 Å². The van der Waals surface area contributed by atoms with E-state index in [2.05, 4.69) is 18.9 Å². The van der Waals surface area contributed by atoms with Gasteiger partial charge >= 0.3 is 0 Å². The molecule has 1 spiro atoms. The van der Waals surface area contributed by atoms with E-state index in [0.717, 1.165) is 18.9 Å². The van der Waals surface area contributed by atoms with E-state index in [1.54, 1.807) is 0 Å². The average molecular weight is 237 g/mol. The molecule has 98 valence electrons. The molecule has 2 atom stereocenters. The van der Waals surface area contributed by atoms with Gasteiger partial charge in [0.15, 0.2) is 0 Å². The minimum absolute atomic E-state index is 0.234. The van der Waals surface area contributed by atoms with Crippen molar-refractivity contribution in [3.63, 3.8) is 0 Å². The normalized spacial score (nSPS) is 30.1. The molecule has 1 aliphatic heterocycles. The standard InChI is InChI=1S/C15H27NO/c1-3-7-14(16-2)13-8-11-17-15(12-13)9-5-4-6-10-15/h3,13-14,16H,1,4-12H2,2H3. The van der Waals surface area contributed by atoms with E-state index in [4.69, 9.17) is 4.74 Å². The van der Waals surface area contributed by atoms with Gasteiger partial charge in [0.1, 0.15) is 0 Å². The zero-order valence-electron chi connectivity index (χ0n) is 11.2. The molecule has 2 heteroatoms. The highest BCUT2D eigenvalue weighted by Gasteiger charge is 2.40. The highest BCUT2D eigenvalue weighted by atomic mass is 16.5. The van der Waals surface area contributed by atoms with Crippen LogP contribution in [0, 0.1) is 5.92 Å². The average Bonchev–Trinajstić information content (AvgIpc) is 2.37. The third-order valence-electron chi connectivity index (χ3n) is 4.66. The second-order valence-corrected chi connectivity index (χ2v) is 5.76. The first-order valence-corrected chi connectivity index (χ1v) is 7.22. The van der Waals surface area contributed by atoms with Gasteiger partial charge in [-0.3, -0.25) is 0 Å². The van der Waals surface area contributed by atoms with E-state index in [1.807, 2.05) is 6.08 Å². The van der Waals surface area contributed by atoms with Gasteiger partial charge in [-0.05, 0) is 45.1 Å². The van der Waals surface area contributed by atoms with Gasteiger partial charge in [0.05, 0.1) is 5.60 Å². The Kier molecular flexibility index (Phi) is 4.63. The third kappa shape index (κ3) is 3.11. The summed E-state index contributed by atoms with van der Waals surface area (Å²) in [5.74, 6) is 0.768. The molecule has 0 aromatic heterocycles. The van der Waals surface area contributed by atoms with Gasteiger partial charge in [0, 0.05) is 12.6 Å². The van der Waals surface area contributed by atoms with Crippen LogP contribution in [0.1, 0.15) is 51.4 Å². The molecule has 2 unspecified atom stereocenters. The molecule has 2 fully saturated rings. The van der Waals surface area contributed by atoms with E-state index in [0.29, 0.717) is 6.04 Å². The van der Waals surface area contributed by atoms with Crippen LogP contribution in [0.5, 0.6) is 0 Å². The number of hydrogen-bond donors (Lipinski definition) is 1. The van der Waals surface area contributed by atoms with Crippen molar-refractivity contribution >= 4 is 0 Å². The Morgan fingerprint density at radius 2 is 2.18 bits per heavy atom. The summed E-state index contributed by atoms with van der Waals surface area (Å²) in [5.41, 5.74) is 0.234. The molecule has 2 nitrogen and oxygen atoms in total. The smallest absolute Gasteiger partial charge is 0.0685 e. The van der Waals surface area contributed by atoms with Crippen LogP contribution in [0.3, 0.4) is 0 Å². The summed E-state index contributed by atoms with van der Waals surface area (Å²) in [6.45, 7) is 4.83. The summed E-state index contributed by atoms with van der Waals surface area (Å²) in [6.07, 6.45) is 12.3. The van der Waals surface area contributed by atoms with Gasteiger partial charge in [0.2, 0.25) is 0 Å². The first-order chi connectivity index (χ1) is 8.29. The Morgan fingerprint density at radius 1 is 1.41 bits per heavy atom.